The second kappa shape index (κ2) is 5.39. The Kier molecular flexibility index (Phi) is 4.05. The lowest BCUT2D eigenvalue weighted by Gasteiger charge is -2.23. The summed E-state index contributed by atoms with van der Waals surface area (Å²) in [6, 6.07) is 5.77. The number of para-hydroxylation sites is 1. The molecule has 1 fully saturated rings. The van der Waals surface area contributed by atoms with Gasteiger partial charge < -0.3 is 4.90 Å². The van der Waals surface area contributed by atoms with Crippen molar-refractivity contribution in [2.24, 2.45) is 5.92 Å². The van der Waals surface area contributed by atoms with Crippen LogP contribution in [0.2, 0.25) is 0 Å². The molecule has 0 aromatic heterocycles. The number of benzene rings is 1. The van der Waals surface area contributed by atoms with Crippen LogP contribution in [0.3, 0.4) is 0 Å². The maximum atomic E-state index is 12.9. The standard InChI is InChI=1S/C13H15ClF3N/c14-7-5-10-6-8-18(9-10)12-4-2-1-3-11(12)13(15,16)17/h1-4,10H,5-9H2. The van der Waals surface area contributed by atoms with Gasteiger partial charge in [0.15, 0.2) is 0 Å². The van der Waals surface area contributed by atoms with Crippen LogP contribution in [0.1, 0.15) is 18.4 Å². The van der Waals surface area contributed by atoms with Crippen LogP contribution < -0.4 is 4.90 Å². The van der Waals surface area contributed by atoms with Crippen LogP contribution in [-0.4, -0.2) is 19.0 Å². The van der Waals surface area contributed by atoms with E-state index in [9.17, 15) is 13.2 Å². The minimum absolute atomic E-state index is 0.294. The number of rotatable bonds is 3. The summed E-state index contributed by atoms with van der Waals surface area (Å²) in [5.41, 5.74) is -0.251. The Balaban J connectivity index is 2.19. The molecule has 1 nitrogen and oxygen atoms in total. The highest BCUT2D eigenvalue weighted by molar-refractivity contribution is 6.17. The second-order valence-electron chi connectivity index (χ2n) is 4.59. The van der Waals surface area contributed by atoms with E-state index in [4.69, 9.17) is 11.6 Å². The van der Waals surface area contributed by atoms with Crippen LogP contribution in [0.25, 0.3) is 0 Å². The Morgan fingerprint density at radius 3 is 2.67 bits per heavy atom. The number of hydrogen-bond acceptors (Lipinski definition) is 1. The molecule has 1 aromatic rings. The zero-order chi connectivity index (χ0) is 13.2. The Labute approximate surface area is 110 Å². The first-order valence-electron chi connectivity index (χ1n) is 5.99. The average molecular weight is 278 g/mol. The van der Waals surface area contributed by atoms with Crippen molar-refractivity contribution in [3.63, 3.8) is 0 Å². The molecule has 100 valence electrons. The monoisotopic (exact) mass is 277 g/mol. The summed E-state index contributed by atoms with van der Waals surface area (Å²) in [6.07, 6.45) is -2.51. The second-order valence-corrected chi connectivity index (χ2v) is 4.97. The first-order valence-corrected chi connectivity index (χ1v) is 6.53. The topological polar surface area (TPSA) is 3.24 Å². The maximum absolute atomic E-state index is 12.9. The van der Waals surface area contributed by atoms with Crippen molar-refractivity contribution >= 4 is 17.3 Å². The molecule has 0 spiro atoms. The van der Waals surface area contributed by atoms with Gasteiger partial charge in [0.05, 0.1) is 5.56 Å². The average Bonchev–Trinajstić information content (AvgIpc) is 2.77. The first kappa shape index (κ1) is 13.5. The van der Waals surface area contributed by atoms with Gasteiger partial charge in [-0.1, -0.05) is 12.1 Å². The molecule has 1 saturated heterocycles. The molecule has 0 saturated carbocycles. The molecule has 1 atom stereocenters. The fourth-order valence-electron chi connectivity index (χ4n) is 2.43. The summed E-state index contributed by atoms with van der Waals surface area (Å²) >= 11 is 5.68. The predicted molar refractivity (Wildman–Crippen MR) is 67.1 cm³/mol. The van der Waals surface area contributed by atoms with E-state index in [1.165, 1.54) is 6.07 Å². The summed E-state index contributed by atoms with van der Waals surface area (Å²) in [5.74, 6) is 0.975. The third-order valence-corrected chi connectivity index (χ3v) is 3.57. The molecule has 1 aliphatic heterocycles. The van der Waals surface area contributed by atoms with Crippen LogP contribution in [0.4, 0.5) is 18.9 Å². The lowest BCUT2D eigenvalue weighted by molar-refractivity contribution is -0.137. The number of nitrogens with zero attached hydrogens (tertiary/aromatic N) is 1. The quantitative estimate of drug-likeness (QED) is 0.750. The highest BCUT2D eigenvalue weighted by atomic mass is 35.5. The molecule has 0 aliphatic carbocycles. The van der Waals surface area contributed by atoms with Crippen molar-refractivity contribution in [1.82, 2.24) is 0 Å². The summed E-state index contributed by atoms with van der Waals surface area (Å²) < 4.78 is 38.7. The van der Waals surface area contributed by atoms with Crippen molar-refractivity contribution in [3.05, 3.63) is 29.8 Å². The zero-order valence-electron chi connectivity index (χ0n) is 9.88. The third-order valence-electron chi connectivity index (χ3n) is 3.35. The molecule has 2 rings (SSSR count). The smallest absolute Gasteiger partial charge is 0.371 e. The number of hydrogen-bond donors (Lipinski definition) is 0. The fraction of sp³-hybridized carbons (Fsp3) is 0.538. The summed E-state index contributed by atoms with van der Waals surface area (Å²) in [7, 11) is 0. The van der Waals surface area contributed by atoms with Crippen molar-refractivity contribution in [3.8, 4) is 0 Å². The lowest BCUT2D eigenvalue weighted by Crippen LogP contribution is -2.23. The van der Waals surface area contributed by atoms with Crippen molar-refractivity contribution < 1.29 is 13.2 Å². The first-order chi connectivity index (χ1) is 8.52. The molecule has 1 aromatic carbocycles. The van der Waals surface area contributed by atoms with Crippen LogP contribution in [0, 0.1) is 5.92 Å². The molecule has 1 aliphatic rings. The number of alkyl halides is 4. The molecule has 0 radical (unpaired) electrons. The van der Waals surface area contributed by atoms with Gasteiger partial charge in [0.2, 0.25) is 0 Å². The Hall–Kier alpha value is -0.900. The van der Waals surface area contributed by atoms with Gasteiger partial charge in [-0.25, -0.2) is 0 Å². The highest BCUT2D eigenvalue weighted by Crippen LogP contribution is 2.38. The minimum Gasteiger partial charge on any atom is -0.371 e. The van der Waals surface area contributed by atoms with E-state index >= 15 is 0 Å². The van der Waals surface area contributed by atoms with E-state index in [1.807, 2.05) is 4.90 Å². The molecule has 0 bridgehead atoms. The fourth-order valence-corrected chi connectivity index (χ4v) is 2.74. The van der Waals surface area contributed by atoms with Crippen LogP contribution in [-0.2, 0) is 6.18 Å². The summed E-state index contributed by atoms with van der Waals surface area (Å²) in [4.78, 5) is 1.82. The maximum Gasteiger partial charge on any atom is 0.418 e. The molecular weight excluding hydrogens is 263 g/mol. The van der Waals surface area contributed by atoms with Gasteiger partial charge in [0, 0.05) is 24.7 Å². The van der Waals surface area contributed by atoms with Gasteiger partial charge in [0.25, 0.3) is 0 Å². The Morgan fingerprint density at radius 2 is 2.00 bits per heavy atom. The van der Waals surface area contributed by atoms with Gasteiger partial charge in [-0.3, -0.25) is 0 Å². The van der Waals surface area contributed by atoms with Crippen LogP contribution in [0.5, 0.6) is 0 Å². The normalized spacial score (nSPS) is 20.4. The molecule has 1 unspecified atom stereocenters. The van der Waals surface area contributed by atoms with Crippen molar-refractivity contribution in [1.29, 1.82) is 0 Å². The van der Waals surface area contributed by atoms with Crippen LogP contribution in [0.15, 0.2) is 24.3 Å². The summed E-state index contributed by atoms with van der Waals surface area (Å²) in [6.45, 7) is 1.34. The molecule has 5 heteroatoms. The van der Waals surface area contributed by atoms with Crippen molar-refractivity contribution in [2.75, 3.05) is 23.9 Å². The van der Waals surface area contributed by atoms with Crippen LogP contribution >= 0.6 is 11.6 Å². The molecular formula is C13H15ClF3N. The molecule has 1 heterocycles. The van der Waals surface area contributed by atoms with E-state index in [1.54, 1.807) is 12.1 Å². The SMILES string of the molecule is FC(F)(F)c1ccccc1N1CCC(CCCl)C1. The van der Waals surface area contributed by atoms with Gasteiger partial charge in [-0.2, -0.15) is 13.2 Å². The van der Waals surface area contributed by atoms with E-state index in [0.717, 1.165) is 18.9 Å². The Morgan fingerprint density at radius 1 is 1.28 bits per heavy atom. The lowest BCUT2D eigenvalue weighted by atomic mass is 10.1. The summed E-state index contributed by atoms with van der Waals surface area (Å²) in [5, 5.41) is 0. The predicted octanol–water partition coefficient (Wildman–Crippen LogP) is 4.16. The van der Waals surface area contributed by atoms with Crippen molar-refractivity contribution in [2.45, 2.75) is 19.0 Å². The van der Waals surface area contributed by atoms with E-state index in [2.05, 4.69) is 0 Å². The van der Waals surface area contributed by atoms with E-state index in [-0.39, 0.29) is 0 Å². The Bertz CT molecular complexity index is 405. The van der Waals surface area contributed by atoms with Gasteiger partial charge in [-0.15, -0.1) is 11.6 Å². The molecule has 0 amide bonds. The largest absolute Gasteiger partial charge is 0.418 e. The highest BCUT2D eigenvalue weighted by Gasteiger charge is 2.35. The molecule has 0 N–H and O–H groups in total. The van der Waals surface area contributed by atoms with E-state index in [0.29, 0.717) is 30.6 Å². The minimum atomic E-state index is -4.29. The zero-order valence-corrected chi connectivity index (χ0v) is 10.6. The van der Waals surface area contributed by atoms with Gasteiger partial charge >= 0.3 is 6.18 Å². The third kappa shape index (κ3) is 2.91. The number of anilines is 1. The van der Waals surface area contributed by atoms with Gasteiger partial charge in [-0.05, 0) is 30.9 Å². The molecule has 18 heavy (non-hydrogen) atoms. The van der Waals surface area contributed by atoms with E-state index < -0.39 is 11.7 Å². The van der Waals surface area contributed by atoms with Gasteiger partial charge in [0.1, 0.15) is 0 Å². The number of halogens is 4.